The number of ketones is 1. The number of piperidine rings is 1. The molecule has 1 fully saturated rings. The summed E-state index contributed by atoms with van der Waals surface area (Å²) in [4.78, 5) is 53.9. The summed E-state index contributed by atoms with van der Waals surface area (Å²) < 4.78 is 27.5. The molecular weight excluding hydrogens is 558 g/mol. The molecule has 0 aromatic heterocycles. The third-order valence-corrected chi connectivity index (χ3v) is 12.6. The number of esters is 2. The molecule has 0 N–H and O–H groups in total. The number of rotatable bonds is 11. The van der Waals surface area contributed by atoms with E-state index in [1.165, 1.54) is 19.2 Å². The molecule has 1 heterocycles. The maximum absolute atomic E-state index is 13.7. The van der Waals surface area contributed by atoms with E-state index < -0.39 is 49.8 Å². The largest absolute Gasteiger partial charge is 0.497 e. The van der Waals surface area contributed by atoms with E-state index in [1.807, 2.05) is 20.8 Å². The van der Waals surface area contributed by atoms with E-state index in [0.29, 0.717) is 44.7 Å². The second-order valence-electron chi connectivity index (χ2n) is 13.2. The van der Waals surface area contributed by atoms with Gasteiger partial charge in [0.15, 0.2) is 8.32 Å². The molecule has 1 aromatic carbocycles. The van der Waals surface area contributed by atoms with Crippen molar-refractivity contribution >= 4 is 32.1 Å². The van der Waals surface area contributed by atoms with Gasteiger partial charge in [0, 0.05) is 25.3 Å². The molecule has 1 aromatic rings. The predicted molar refractivity (Wildman–Crippen MR) is 161 cm³/mol. The van der Waals surface area contributed by atoms with E-state index in [-0.39, 0.29) is 16.5 Å². The lowest BCUT2D eigenvalue weighted by Gasteiger charge is -2.38. The Labute approximate surface area is 251 Å². The quantitative estimate of drug-likeness (QED) is 0.104. The molecule has 0 spiro atoms. The smallest absolute Gasteiger partial charge is 0.410 e. The van der Waals surface area contributed by atoms with Gasteiger partial charge in [0.2, 0.25) is 5.78 Å². The normalized spacial score (nSPS) is 16.3. The standard InChI is InChI=1S/C31H49NO9Si/c1-30(2,3)41-29(36)32-18-15-21(16-19-32)24(17-20-39-42(9,10)31(4,5)6)27(34)40-26(28(35)38-8)25(33)22-11-13-23(37-7)14-12-22/h11-14,21,24,26H,15-20H2,1-10H3. The van der Waals surface area contributed by atoms with Crippen LogP contribution >= 0.6 is 0 Å². The van der Waals surface area contributed by atoms with Crippen molar-refractivity contribution in [1.29, 1.82) is 0 Å². The summed E-state index contributed by atoms with van der Waals surface area (Å²) in [6.45, 7) is 17.3. The number of hydrogen-bond donors (Lipinski definition) is 0. The van der Waals surface area contributed by atoms with Crippen LogP contribution in [0.3, 0.4) is 0 Å². The summed E-state index contributed by atoms with van der Waals surface area (Å²) in [6.07, 6.45) is -0.714. The predicted octanol–water partition coefficient (Wildman–Crippen LogP) is 5.64. The highest BCUT2D eigenvalue weighted by molar-refractivity contribution is 6.74. The van der Waals surface area contributed by atoms with Crippen LogP contribution in [0.25, 0.3) is 0 Å². The molecule has 1 aliphatic rings. The fourth-order valence-electron chi connectivity index (χ4n) is 4.44. The summed E-state index contributed by atoms with van der Waals surface area (Å²) in [6, 6.07) is 6.18. The van der Waals surface area contributed by atoms with Crippen LogP contribution in [0.5, 0.6) is 5.75 Å². The SMILES string of the molecule is COC(=O)C(OC(=O)C(CCO[Si](C)(C)C(C)(C)C)C1CCN(C(=O)OC(C)(C)C)CC1)C(=O)c1ccc(OC)cc1. The molecule has 2 unspecified atom stereocenters. The highest BCUT2D eigenvalue weighted by Gasteiger charge is 2.41. The Bertz CT molecular complexity index is 1080. The Balaban J connectivity index is 2.25. The summed E-state index contributed by atoms with van der Waals surface area (Å²) in [5.41, 5.74) is -0.428. The van der Waals surface area contributed by atoms with Crippen LogP contribution in [0, 0.1) is 11.8 Å². The summed E-state index contributed by atoms with van der Waals surface area (Å²) in [5, 5.41) is -0.0114. The highest BCUT2D eigenvalue weighted by Crippen LogP contribution is 2.37. The second kappa shape index (κ2) is 14.5. The minimum absolute atomic E-state index is 0.0114. The lowest BCUT2D eigenvalue weighted by Crippen LogP contribution is -2.45. The molecule has 1 saturated heterocycles. The highest BCUT2D eigenvalue weighted by atomic mass is 28.4. The Kier molecular flexibility index (Phi) is 12.2. The molecule has 0 saturated carbocycles. The zero-order valence-corrected chi connectivity index (χ0v) is 27.9. The number of Topliss-reactive ketones (excluding diaryl/α,β-unsaturated/α-hetero) is 1. The van der Waals surface area contributed by atoms with Gasteiger partial charge in [-0.25, -0.2) is 9.59 Å². The van der Waals surface area contributed by atoms with Crippen LogP contribution < -0.4 is 4.74 Å². The van der Waals surface area contributed by atoms with Gasteiger partial charge in [-0.15, -0.1) is 0 Å². The minimum atomic E-state index is -2.09. The molecule has 2 atom stereocenters. The number of carbonyl (C=O) groups excluding carboxylic acids is 4. The average molecular weight is 608 g/mol. The molecule has 236 valence electrons. The van der Waals surface area contributed by atoms with Crippen LogP contribution in [0.1, 0.15) is 71.2 Å². The first-order chi connectivity index (χ1) is 19.4. The maximum Gasteiger partial charge on any atom is 0.410 e. The van der Waals surface area contributed by atoms with Crippen LogP contribution in [-0.4, -0.2) is 82.7 Å². The fourth-order valence-corrected chi connectivity index (χ4v) is 5.50. The van der Waals surface area contributed by atoms with Crippen LogP contribution in [0.2, 0.25) is 18.1 Å². The van der Waals surface area contributed by atoms with E-state index in [2.05, 4.69) is 33.9 Å². The maximum atomic E-state index is 13.7. The van der Waals surface area contributed by atoms with E-state index in [1.54, 1.807) is 17.0 Å². The van der Waals surface area contributed by atoms with E-state index in [0.717, 1.165) is 7.11 Å². The third kappa shape index (κ3) is 9.83. The topological polar surface area (TPSA) is 118 Å². The fraction of sp³-hybridized carbons (Fsp3) is 0.677. The monoisotopic (exact) mass is 607 g/mol. The van der Waals surface area contributed by atoms with Crippen molar-refractivity contribution in [3.05, 3.63) is 29.8 Å². The zero-order chi connectivity index (χ0) is 31.9. The lowest BCUT2D eigenvalue weighted by molar-refractivity contribution is -0.167. The zero-order valence-electron chi connectivity index (χ0n) is 26.9. The Morgan fingerprint density at radius 1 is 0.929 bits per heavy atom. The van der Waals surface area contributed by atoms with Crippen molar-refractivity contribution in [2.45, 2.75) is 90.6 Å². The molecule has 0 aliphatic carbocycles. The number of methoxy groups -OCH3 is 2. The van der Waals surface area contributed by atoms with Crippen molar-refractivity contribution in [3.8, 4) is 5.75 Å². The third-order valence-electron chi connectivity index (χ3n) is 8.02. The first-order valence-electron chi connectivity index (χ1n) is 14.5. The molecule has 0 bridgehead atoms. The van der Waals surface area contributed by atoms with E-state index in [9.17, 15) is 19.2 Å². The minimum Gasteiger partial charge on any atom is -0.497 e. The van der Waals surface area contributed by atoms with Crippen molar-refractivity contribution < 1.29 is 42.6 Å². The molecule has 0 radical (unpaired) electrons. The number of carbonyl (C=O) groups is 4. The van der Waals surface area contributed by atoms with Crippen molar-refractivity contribution in [3.63, 3.8) is 0 Å². The van der Waals surface area contributed by atoms with Gasteiger partial charge in [-0.1, -0.05) is 20.8 Å². The van der Waals surface area contributed by atoms with Crippen molar-refractivity contribution in [2.24, 2.45) is 11.8 Å². The Hall–Kier alpha value is -2.92. The van der Waals surface area contributed by atoms with E-state index in [4.69, 9.17) is 23.4 Å². The Morgan fingerprint density at radius 3 is 1.98 bits per heavy atom. The van der Waals surface area contributed by atoms with Gasteiger partial charge >= 0.3 is 18.0 Å². The molecule has 1 amide bonds. The van der Waals surface area contributed by atoms with Gasteiger partial charge in [-0.05, 0) is 88.3 Å². The van der Waals surface area contributed by atoms with E-state index >= 15 is 0 Å². The molecule has 10 nitrogen and oxygen atoms in total. The number of ether oxygens (including phenoxy) is 4. The van der Waals surface area contributed by atoms with Crippen LogP contribution in [-0.2, 0) is 28.2 Å². The summed E-state index contributed by atoms with van der Waals surface area (Å²) >= 11 is 0. The number of hydrogen-bond acceptors (Lipinski definition) is 9. The van der Waals surface area contributed by atoms with Gasteiger partial charge in [0.1, 0.15) is 11.4 Å². The second-order valence-corrected chi connectivity index (χ2v) is 18.1. The van der Waals surface area contributed by atoms with Gasteiger partial charge in [-0.3, -0.25) is 9.59 Å². The molecular formula is C31H49NO9Si. The molecule has 1 aliphatic heterocycles. The molecule has 2 rings (SSSR count). The number of benzene rings is 1. The summed E-state index contributed by atoms with van der Waals surface area (Å²) in [7, 11) is 0.553. The Morgan fingerprint density at radius 2 is 1.50 bits per heavy atom. The van der Waals surface area contributed by atoms with Crippen molar-refractivity contribution in [1.82, 2.24) is 4.90 Å². The van der Waals surface area contributed by atoms with Gasteiger partial charge in [0.25, 0.3) is 6.10 Å². The number of nitrogens with zero attached hydrogens (tertiary/aromatic N) is 1. The lowest BCUT2D eigenvalue weighted by atomic mass is 9.82. The van der Waals surface area contributed by atoms with Gasteiger partial charge in [-0.2, -0.15) is 0 Å². The van der Waals surface area contributed by atoms with Gasteiger partial charge < -0.3 is 28.3 Å². The molecule has 42 heavy (non-hydrogen) atoms. The average Bonchev–Trinajstić information content (AvgIpc) is 2.91. The number of likely N-dealkylation sites (tertiary alicyclic amines) is 1. The first kappa shape index (κ1) is 35.3. The first-order valence-corrected chi connectivity index (χ1v) is 17.4. The van der Waals surface area contributed by atoms with Crippen molar-refractivity contribution in [2.75, 3.05) is 33.9 Å². The van der Waals surface area contributed by atoms with Crippen LogP contribution in [0.4, 0.5) is 4.79 Å². The van der Waals surface area contributed by atoms with Gasteiger partial charge in [0.05, 0.1) is 20.1 Å². The summed E-state index contributed by atoms with van der Waals surface area (Å²) in [5.74, 6) is -2.56. The molecule has 11 heteroatoms. The number of amides is 1. The van der Waals surface area contributed by atoms with Crippen LogP contribution in [0.15, 0.2) is 24.3 Å².